The van der Waals surface area contributed by atoms with Crippen LogP contribution in [0.2, 0.25) is 0 Å². The maximum absolute atomic E-state index is 3.76. The molecule has 0 aromatic heterocycles. The van der Waals surface area contributed by atoms with E-state index in [9.17, 15) is 0 Å². The Bertz CT molecular complexity index is 253. The molecule has 1 nitrogen and oxygen atoms in total. The summed E-state index contributed by atoms with van der Waals surface area (Å²) in [7, 11) is 2.01. The Labute approximate surface area is 86.8 Å². The van der Waals surface area contributed by atoms with Gasteiger partial charge in [-0.15, -0.1) is 6.58 Å². The van der Waals surface area contributed by atoms with Crippen LogP contribution in [-0.4, -0.2) is 13.1 Å². The molecule has 1 aromatic carbocycles. The smallest absolute Gasteiger partial charge is 0.0102 e. The topological polar surface area (TPSA) is 12.0 Å². The Morgan fingerprint density at radius 1 is 1.36 bits per heavy atom. The quantitative estimate of drug-likeness (QED) is 0.678. The SMILES string of the molecule is C=CCC(CCc1ccccc1)NC. The van der Waals surface area contributed by atoms with Gasteiger partial charge < -0.3 is 5.32 Å². The molecule has 14 heavy (non-hydrogen) atoms. The van der Waals surface area contributed by atoms with Crippen molar-refractivity contribution >= 4 is 0 Å². The van der Waals surface area contributed by atoms with Crippen LogP contribution in [0.4, 0.5) is 0 Å². The second-order valence-electron chi connectivity index (χ2n) is 3.53. The summed E-state index contributed by atoms with van der Waals surface area (Å²) in [5.41, 5.74) is 1.41. The van der Waals surface area contributed by atoms with Crippen LogP contribution in [0, 0.1) is 0 Å². The highest BCUT2D eigenvalue weighted by Crippen LogP contribution is 2.06. The summed E-state index contributed by atoms with van der Waals surface area (Å²) in [6.45, 7) is 3.76. The molecule has 0 bridgehead atoms. The highest BCUT2D eigenvalue weighted by atomic mass is 14.9. The van der Waals surface area contributed by atoms with Crippen molar-refractivity contribution in [1.82, 2.24) is 5.32 Å². The summed E-state index contributed by atoms with van der Waals surface area (Å²) in [6, 6.07) is 11.2. The summed E-state index contributed by atoms with van der Waals surface area (Å²) < 4.78 is 0. The molecule has 1 atom stereocenters. The number of hydrogen-bond acceptors (Lipinski definition) is 1. The van der Waals surface area contributed by atoms with Crippen LogP contribution in [0.1, 0.15) is 18.4 Å². The lowest BCUT2D eigenvalue weighted by atomic mass is 10.0. The van der Waals surface area contributed by atoms with Gasteiger partial charge in [0.05, 0.1) is 0 Å². The average molecular weight is 189 g/mol. The predicted molar refractivity (Wildman–Crippen MR) is 62.4 cm³/mol. The lowest BCUT2D eigenvalue weighted by Crippen LogP contribution is -2.24. The molecule has 1 rings (SSSR count). The van der Waals surface area contributed by atoms with Gasteiger partial charge in [-0.05, 0) is 31.9 Å². The summed E-state index contributed by atoms with van der Waals surface area (Å²) in [4.78, 5) is 0. The third-order valence-corrected chi connectivity index (χ3v) is 2.48. The van der Waals surface area contributed by atoms with Crippen molar-refractivity contribution in [2.75, 3.05) is 7.05 Å². The Morgan fingerprint density at radius 2 is 2.07 bits per heavy atom. The monoisotopic (exact) mass is 189 g/mol. The fraction of sp³-hybridized carbons (Fsp3) is 0.385. The van der Waals surface area contributed by atoms with Crippen LogP contribution in [0.15, 0.2) is 43.0 Å². The van der Waals surface area contributed by atoms with Crippen molar-refractivity contribution in [1.29, 1.82) is 0 Å². The van der Waals surface area contributed by atoms with Crippen LogP contribution < -0.4 is 5.32 Å². The van der Waals surface area contributed by atoms with Crippen molar-refractivity contribution in [2.45, 2.75) is 25.3 Å². The molecule has 0 fully saturated rings. The highest BCUT2D eigenvalue weighted by molar-refractivity contribution is 5.14. The molecule has 0 aliphatic heterocycles. The van der Waals surface area contributed by atoms with Crippen molar-refractivity contribution in [2.24, 2.45) is 0 Å². The van der Waals surface area contributed by atoms with Gasteiger partial charge in [-0.2, -0.15) is 0 Å². The largest absolute Gasteiger partial charge is 0.317 e. The van der Waals surface area contributed by atoms with E-state index < -0.39 is 0 Å². The molecule has 0 spiro atoms. The summed E-state index contributed by atoms with van der Waals surface area (Å²) in [5.74, 6) is 0. The van der Waals surface area contributed by atoms with E-state index >= 15 is 0 Å². The third kappa shape index (κ3) is 3.75. The molecule has 0 aliphatic carbocycles. The van der Waals surface area contributed by atoms with Crippen LogP contribution in [0.3, 0.4) is 0 Å². The van der Waals surface area contributed by atoms with Gasteiger partial charge in [-0.25, -0.2) is 0 Å². The highest BCUT2D eigenvalue weighted by Gasteiger charge is 2.03. The molecule has 1 unspecified atom stereocenters. The van der Waals surface area contributed by atoms with Gasteiger partial charge in [0, 0.05) is 6.04 Å². The Morgan fingerprint density at radius 3 is 2.64 bits per heavy atom. The van der Waals surface area contributed by atoms with Gasteiger partial charge in [0.1, 0.15) is 0 Å². The van der Waals surface area contributed by atoms with E-state index in [4.69, 9.17) is 0 Å². The van der Waals surface area contributed by atoms with Gasteiger partial charge >= 0.3 is 0 Å². The summed E-state index contributed by atoms with van der Waals surface area (Å²) in [5, 5.41) is 3.30. The van der Waals surface area contributed by atoms with Crippen LogP contribution in [0.25, 0.3) is 0 Å². The fourth-order valence-corrected chi connectivity index (χ4v) is 1.57. The second kappa shape index (κ2) is 6.39. The van der Waals surface area contributed by atoms with Crippen molar-refractivity contribution < 1.29 is 0 Å². The first-order valence-corrected chi connectivity index (χ1v) is 5.19. The van der Waals surface area contributed by atoms with E-state index in [1.54, 1.807) is 0 Å². The first-order valence-electron chi connectivity index (χ1n) is 5.19. The Balaban J connectivity index is 2.35. The molecule has 1 N–H and O–H groups in total. The zero-order valence-corrected chi connectivity index (χ0v) is 8.87. The number of aryl methyl sites for hydroxylation is 1. The number of benzene rings is 1. The normalized spacial score (nSPS) is 12.4. The maximum atomic E-state index is 3.76. The molecule has 1 heteroatoms. The predicted octanol–water partition coefficient (Wildman–Crippen LogP) is 2.78. The number of nitrogens with one attached hydrogen (secondary N) is 1. The Hall–Kier alpha value is -1.08. The third-order valence-electron chi connectivity index (χ3n) is 2.48. The van der Waals surface area contributed by atoms with Gasteiger partial charge in [0.15, 0.2) is 0 Å². The van der Waals surface area contributed by atoms with Gasteiger partial charge in [-0.1, -0.05) is 36.4 Å². The van der Waals surface area contributed by atoms with Crippen LogP contribution in [-0.2, 0) is 6.42 Å². The molecule has 1 aromatic rings. The molecule has 0 saturated heterocycles. The molecular weight excluding hydrogens is 170 g/mol. The fourth-order valence-electron chi connectivity index (χ4n) is 1.57. The first-order chi connectivity index (χ1) is 6.86. The molecule has 0 amide bonds. The zero-order chi connectivity index (χ0) is 10.2. The maximum Gasteiger partial charge on any atom is 0.0102 e. The summed E-state index contributed by atoms with van der Waals surface area (Å²) >= 11 is 0. The molecule has 76 valence electrons. The van der Waals surface area contributed by atoms with Crippen molar-refractivity contribution in [3.63, 3.8) is 0 Å². The van der Waals surface area contributed by atoms with Gasteiger partial charge in [0.2, 0.25) is 0 Å². The second-order valence-corrected chi connectivity index (χ2v) is 3.53. The van der Waals surface area contributed by atoms with Crippen LogP contribution in [0.5, 0.6) is 0 Å². The number of hydrogen-bond donors (Lipinski definition) is 1. The van der Waals surface area contributed by atoms with E-state index in [1.807, 2.05) is 13.1 Å². The minimum absolute atomic E-state index is 0.563. The minimum Gasteiger partial charge on any atom is -0.317 e. The van der Waals surface area contributed by atoms with E-state index in [0.29, 0.717) is 6.04 Å². The minimum atomic E-state index is 0.563. The first kappa shape index (κ1) is 11.0. The van der Waals surface area contributed by atoms with Crippen molar-refractivity contribution in [3.8, 4) is 0 Å². The molecule has 0 saturated carbocycles. The molecule has 0 radical (unpaired) electrons. The molecular formula is C13H19N. The lowest BCUT2D eigenvalue weighted by molar-refractivity contribution is 0.528. The van der Waals surface area contributed by atoms with Crippen LogP contribution >= 0.6 is 0 Å². The van der Waals surface area contributed by atoms with E-state index in [-0.39, 0.29) is 0 Å². The van der Waals surface area contributed by atoms with Gasteiger partial charge in [-0.3, -0.25) is 0 Å². The number of rotatable bonds is 6. The lowest BCUT2D eigenvalue weighted by Gasteiger charge is -2.13. The van der Waals surface area contributed by atoms with E-state index in [0.717, 1.165) is 12.8 Å². The average Bonchev–Trinajstić information content (AvgIpc) is 2.25. The molecule has 0 aliphatic rings. The van der Waals surface area contributed by atoms with E-state index in [1.165, 1.54) is 12.0 Å². The van der Waals surface area contributed by atoms with E-state index in [2.05, 4.69) is 42.2 Å². The zero-order valence-electron chi connectivity index (χ0n) is 8.87. The standard InChI is InChI=1S/C13H19N/c1-3-7-13(14-2)11-10-12-8-5-4-6-9-12/h3-6,8-9,13-14H,1,7,10-11H2,2H3. The van der Waals surface area contributed by atoms with Crippen molar-refractivity contribution in [3.05, 3.63) is 48.6 Å². The molecule has 0 heterocycles. The Kier molecular flexibility index (Phi) is 5.02. The summed E-state index contributed by atoms with van der Waals surface area (Å²) in [6.07, 6.45) is 5.34. The van der Waals surface area contributed by atoms with Gasteiger partial charge in [0.25, 0.3) is 0 Å².